The minimum Gasteiger partial charge on any atom is -0.350 e. The summed E-state index contributed by atoms with van der Waals surface area (Å²) in [6.07, 6.45) is 0. The van der Waals surface area contributed by atoms with Crippen LogP contribution in [0.3, 0.4) is 0 Å². The summed E-state index contributed by atoms with van der Waals surface area (Å²) in [4.78, 5) is 23.8. The molecule has 0 radical (unpaired) electrons. The van der Waals surface area contributed by atoms with Gasteiger partial charge in [-0.15, -0.1) is 0 Å². The molecule has 0 atom stereocenters. The van der Waals surface area contributed by atoms with Gasteiger partial charge >= 0.3 is 0 Å². The number of anilines is 1. The van der Waals surface area contributed by atoms with Crippen molar-refractivity contribution in [1.29, 1.82) is 0 Å². The van der Waals surface area contributed by atoms with Crippen LogP contribution in [-0.4, -0.2) is 23.9 Å². The van der Waals surface area contributed by atoms with Gasteiger partial charge in [0.05, 0.1) is 10.6 Å². The van der Waals surface area contributed by atoms with Gasteiger partial charge in [-0.2, -0.15) is 0 Å². The summed E-state index contributed by atoms with van der Waals surface area (Å²) >= 11 is 6.04. The summed E-state index contributed by atoms with van der Waals surface area (Å²) in [6, 6.07) is 4.80. The average Bonchev–Trinajstić information content (AvgIpc) is 2.37. The third-order valence-electron chi connectivity index (χ3n) is 2.71. The first-order chi connectivity index (χ1) is 9.60. The van der Waals surface area contributed by atoms with E-state index >= 15 is 0 Å². The van der Waals surface area contributed by atoms with Crippen LogP contribution in [0.4, 0.5) is 5.69 Å². The molecule has 1 rings (SSSR count). The number of rotatable bonds is 5. The molecule has 0 aliphatic heterocycles. The second-order valence-electron chi connectivity index (χ2n) is 6.01. The van der Waals surface area contributed by atoms with Crippen LogP contribution in [0.1, 0.15) is 38.1 Å². The molecule has 0 aliphatic carbocycles. The number of nitrogens with two attached hydrogens (primary N) is 1. The van der Waals surface area contributed by atoms with Crippen molar-refractivity contribution >= 4 is 29.1 Å². The summed E-state index contributed by atoms with van der Waals surface area (Å²) in [5.74, 6) is -0.582. The lowest BCUT2D eigenvalue weighted by molar-refractivity contribution is -0.118. The van der Waals surface area contributed by atoms with Crippen molar-refractivity contribution in [2.75, 3.05) is 11.9 Å². The maximum absolute atomic E-state index is 12.1. The molecule has 0 saturated heterocycles. The van der Waals surface area contributed by atoms with E-state index in [1.807, 2.05) is 13.8 Å². The van der Waals surface area contributed by atoms with Crippen LogP contribution < -0.4 is 16.4 Å². The average molecular weight is 312 g/mol. The van der Waals surface area contributed by atoms with E-state index in [1.54, 1.807) is 32.0 Å². The molecule has 116 valence electrons. The normalized spacial score (nSPS) is 11.4. The van der Waals surface area contributed by atoms with Crippen molar-refractivity contribution in [2.24, 2.45) is 11.7 Å². The molecule has 2 amide bonds. The number of nitrogens with one attached hydrogen (secondary N) is 2. The van der Waals surface area contributed by atoms with E-state index in [-0.39, 0.29) is 17.7 Å². The maximum Gasteiger partial charge on any atom is 0.252 e. The zero-order valence-electron chi connectivity index (χ0n) is 12.8. The lowest BCUT2D eigenvalue weighted by atomic mass is 10.1. The standard InChI is InChI=1S/C15H22ClN3O2/c1-9(2)13(20)19-10-5-6-12(16)11(7-10)14(21)18-8-15(3,4)17/h5-7,9H,8,17H2,1-4H3,(H,18,21)(H,19,20). The highest BCUT2D eigenvalue weighted by Crippen LogP contribution is 2.21. The Morgan fingerprint density at radius 3 is 2.48 bits per heavy atom. The minimum atomic E-state index is -0.508. The first-order valence-electron chi connectivity index (χ1n) is 6.77. The lowest BCUT2D eigenvalue weighted by Gasteiger charge is -2.19. The molecule has 4 N–H and O–H groups in total. The van der Waals surface area contributed by atoms with Gasteiger partial charge in [0.2, 0.25) is 5.91 Å². The van der Waals surface area contributed by atoms with Crippen molar-refractivity contribution in [1.82, 2.24) is 5.32 Å². The highest BCUT2D eigenvalue weighted by molar-refractivity contribution is 6.34. The molecule has 0 spiro atoms. The van der Waals surface area contributed by atoms with Crippen molar-refractivity contribution in [3.05, 3.63) is 28.8 Å². The molecular weight excluding hydrogens is 290 g/mol. The maximum atomic E-state index is 12.1. The van der Waals surface area contributed by atoms with Gasteiger partial charge in [0.25, 0.3) is 5.91 Å². The molecule has 0 unspecified atom stereocenters. The van der Waals surface area contributed by atoms with E-state index < -0.39 is 5.54 Å². The predicted octanol–water partition coefficient (Wildman–Crippen LogP) is 2.40. The fourth-order valence-electron chi connectivity index (χ4n) is 1.47. The Balaban J connectivity index is 2.87. The Morgan fingerprint density at radius 1 is 1.33 bits per heavy atom. The molecule has 0 aromatic heterocycles. The molecule has 1 aromatic carbocycles. The highest BCUT2D eigenvalue weighted by atomic mass is 35.5. The summed E-state index contributed by atoms with van der Waals surface area (Å²) in [5, 5.41) is 5.78. The third-order valence-corrected chi connectivity index (χ3v) is 3.04. The lowest BCUT2D eigenvalue weighted by Crippen LogP contribution is -2.45. The Labute approximate surface area is 130 Å². The molecule has 0 heterocycles. The summed E-state index contributed by atoms with van der Waals surface area (Å²) in [7, 11) is 0. The summed E-state index contributed by atoms with van der Waals surface area (Å²) < 4.78 is 0. The molecule has 0 bridgehead atoms. The summed E-state index contributed by atoms with van der Waals surface area (Å²) in [6.45, 7) is 7.54. The van der Waals surface area contributed by atoms with E-state index in [2.05, 4.69) is 10.6 Å². The van der Waals surface area contributed by atoms with Crippen LogP contribution in [0.2, 0.25) is 5.02 Å². The highest BCUT2D eigenvalue weighted by Gasteiger charge is 2.16. The fourth-order valence-corrected chi connectivity index (χ4v) is 1.67. The van der Waals surface area contributed by atoms with Gasteiger partial charge in [-0.05, 0) is 32.0 Å². The quantitative estimate of drug-likeness (QED) is 0.780. The van der Waals surface area contributed by atoms with Gasteiger partial charge in [-0.1, -0.05) is 25.4 Å². The van der Waals surface area contributed by atoms with Crippen molar-refractivity contribution in [2.45, 2.75) is 33.2 Å². The van der Waals surface area contributed by atoms with Gasteiger partial charge in [0.1, 0.15) is 0 Å². The zero-order valence-corrected chi connectivity index (χ0v) is 13.5. The Hall–Kier alpha value is -1.59. The second-order valence-corrected chi connectivity index (χ2v) is 6.42. The van der Waals surface area contributed by atoms with Gasteiger partial charge in [0.15, 0.2) is 0 Å². The number of hydrogen-bond donors (Lipinski definition) is 3. The van der Waals surface area contributed by atoms with E-state index in [9.17, 15) is 9.59 Å². The van der Waals surface area contributed by atoms with Crippen molar-refractivity contribution in [3.8, 4) is 0 Å². The summed E-state index contributed by atoms with van der Waals surface area (Å²) in [5.41, 5.74) is 6.16. The molecule has 0 fully saturated rings. The van der Waals surface area contributed by atoms with E-state index in [4.69, 9.17) is 17.3 Å². The second kappa shape index (κ2) is 6.91. The van der Waals surface area contributed by atoms with Crippen molar-refractivity contribution in [3.63, 3.8) is 0 Å². The molecule has 0 saturated carbocycles. The van der Waals surface area contributed by atoms with E-state index in [1.165, 1.54) is 0 Å². The molecule has 1 aromatic rings. The number of benzene rings is 1. The van der Waals surface area contributed by atoms with Crippen LogP contribution in [0.25, 0.3) is 0 Å². The number of hydrogen-bond acceptors (Lipinski definition) is 3. The number of carbonyl (C=O) groups is 2. The van der Waals surface area contributed by atoms with Gasteiger partial charge in [-0.25, -0.2) is 0 Å². The van der Waals surface area contributed by atoms with Crippen LogP contribution in [0.15, 0.2) is 18.2 Å². The van der Waals surface area contributed by atoms with Crippen LogP contribution in [0.5, 0.6) is 0 Å². The number of halogens is 1. The van der Waals surface area contributed by atoms with Gasteiger partial charge in [0, 0.05) is 23.7 Å². The largest absolute Gasteiger partial charge is 0.350 e. The zero-order chi connectivity index (χ0) is 16.2. The Morgan fingerprint density at radius 2 is 1.95 bits per heavy atom. The smallest absolute Gasteiger partial charge is 0.252 e. The van der Waals surface area contributed by atoms with Crippen molar-refractivity contribution < 1.29 is 9.59 Å². The third kappa shape index (κ3) is 5.73. The fraction of sp³-hybridized carbons (Fsp3) is 0.467. The SMILES string of the molecule is CC(C)C(=O)Nc1ccc(Cl)c(C(=O)NCC(C)(C)N)c1. The molecule has 5 nitrogen and oxygen atoms in total. The topological polar surface area (TPSA) is 84.2 Å². The number of amides is 2. The Kier molecular flexibility index (Phi) is 5.75. The predicted molar refractivity (Wildman–Crippen MR) is 85.5 cm³/mol. The van der Waals surface area contributed by atoms with Gasteiger partial charge < -0.3 is 16.4 Å². The first kappa shape index (κ1) is 17.5. The van der Waals surface area contributed by atoms with E-state index in [0.29, 0.717) is 22.8 Å². The molecular formula is C15H22ClN3O2. The minimum absolute atomic E-state index is 0.119. The monoisotopic (exact) mass is 311 g/mol. The van der Waals surface area contributed by atoms with Crippen LogP contribution in [0, 0.1) is 5.92 Å². The van der Waals surface area contributed by atoms with Crippen LogP contribution >= 0.6 is 11.6 Å². The molecule has 6 heteroatoms. The molecule has 21 heavy (non-hydrogen) atoms. The molecule has 0 aliphatic rings. The van der Waals surface area contributed by atoms with E-state index in [0.717, 1.165) is 0 Å². The first-order valence-corrected chi connectivity index (χ1v) is 7.15. The number of carbonyl (C=O) groups excluding carboxylic acids is 2. The Bertz CT molecular complexity index is 536. The van der Waals surface area contributed by atoms with Gasteiger partial charge in [-0.3, -0.25) is 9.59 Å². The van der Waals surface area contributed by atoms with Crippen LogP contribution in [-0.2, 0) is 4.79 Å².